The van der Waals surface area contributed by atoms with E-state index in [4.69, 9.17) is 5.73 Å². The summed E-state index contributed by atoms with van der Waals surface area (Å²) in [5, 5.41) is 3.58. The molecular weight excluding hydrogens is 220 g/mol. The molecule has 3 N–H and O–H groups in total. The van der Waals surface area contributed by atoms with Gasteiger partial charge in [0.15, 0.2) is 0 Å². The zero-order valence-electron chi connectivity index (χ0n) is 11.9. The molecule has 0 bridgehead atoms. The van der Waals surface area contributed by atoms with Crippen LogP contribution in [0, 0.1) is 12.3 Å². The lowest BCUT2D eigenvalue weighted by Crippen LogP contribution is -2.29. The highest BCUT2D eigenvalue weighted by atomic mass is 14.9. The van der Waals surface area contributed by atoms with Gasteiger partial charge in [0.25, 0.3) is 0 Å². The molecule has 0 saturated heterocycles. The van der Waals surface area contributed by atoms with E-state index >= 15 is 0 Å². The molecule has 1 aromatic carbocycles. The number of rotatable bonds is 6. The van der Waals surface area contributed by atoms with Gasteiger partial charge in [0.05, 0.1) is 0 Å². The maximum absolute atomic E-state index is 5.80. The van der Waals surface area contributed by atoms with Gasteiger partial charge < -0.3 is 11.1 Å². The normalized spacial score (nSPS) is 17.2. The molecule has 1 aromatic rings. The molecule has 0 aromatic heterocycles. The molecule has 0 radical (unpaired) electrons. The minimum atomic E-state index is 0.420. The largest absolute Gasteiger partial charge is 0.330 e. The Morgan fingerprint density at radius 1 is 1.33 bits per heavy atom. The van der Waals surface area contributed by atoms with E-state index in [2.05, 4.69) is 44.3 Å². The molecule has 1 saturated carbocycles. The number of hydrogen-bond acceptors (Lipinski definition) is 2. The van der Waals surface area contributed by atoms with Crippen LogP contribution in [-0.2, 0) is 6.54 Å². The number of benzene rings is 1. The second-order valence-electron chi connectivity index (χ2n) is 6.15. The summed E-state index contributed by atoms with van der Waals surface area (Å²) < 4.78 is 0. The highest BCUT2D eigenvalue weighted by Gasteiger charge is 2.40. The monoisotopic (exact) mass is 246 g/mol. The Bertz CT molecular complexity index is 406. The Morgan fingerprint density at radius 3 is 2.61 bits per heavy atom. The average Bonchev–Trinajstić information content (AvgIpc) is 3.12. The van der Waals surface area contributed by atoms with E-state index in [0.29, 0.717) is 11.3 Å². The molecule has 2 nitrogen and oxygen atoms in total. The second-order valence-corrected chi connectivity index (χ2v) is 6.15. The summed E-state index contributed by atoms with van der Waals surface area (Å²) in [6.07, 6.45) is 2.59. The van der Waals surface area contributed by atoms with E-state index < -0.39 is 0 Å². The fourth-order valence-corrected chi connectivity index (χ4v) is 2.33. The van der Waals surface area contributed by atoms with Gasteiger partial charge in [-0.15, -0.1) is 0 Å². The van der Waals surface area contributed by atoms with Gasteiger partial charge in [0.1, 0.15) is 0 Å². The summed E-state index contributed by atoms with van der Waals surface area (Å²) in [6.45, 7) is 9.54. The lowest BCUT2D eigenvalue weighted by molar-refractivity contribution is 0.467. The molecule has 0 amide bonds. The van der Waals surface area contributed by atoms with Crippen LogP contribution < -0.4 is 11.1 Å². The van der Waals surface area contributed by atoms with Crippen LogP contribution >= 0.6 is 0 Å². The highest BCUT2D eigenvalue weighted by molar-refractivity contribution is 5.32. The van der Waals surface area contributed by atoms with Crippen molar-refractivity contribution >= 4 is 0 Å². The zero-order chi connectivity index (χ0) is 13.2. The van der Waals surface area contributed by atoms with E-state index in [1.807, 2.05) is 0 Å². The molecule has 0 atom stereocenters. The fraction of sp³-hybridized carbons (Fsp3) is 0.625. The molecule has 1 aliphatic carbocycles. The summed E-state index contributed by atoms with van der Waals surface area (Å²) in [5.41, 5.74) is 10.5. The minimum absolute atomic E-state index is 0.420. The van der Waals surface area contributed by atoms with E-state index in [1.54, 1.807) is 0 Å². The van der Waals surface area contributed by atoms with Crippen molar-refractivity contribution in [3.8, 4) is 0 Å². The third kappa shape index (κ3) is 3.12. The minimum Gasteiger partial charge on any atom is -0.330 e. The van der Waals surface area contributed by atoms with Crippen molar-refractivity contribution in [2.45, 2.75) is 46.1 Å². The number of nitrogens with two attached hydrogens (primary N) is 1. The van der Waals surface area contributed by atoms with Gasteiger partial charge in [0, 0.05) is 13.1 Å². The number of hydrogen-bond donors (Lipinski definition) is 2. The average molecular weight is 246 g/mol. The molecule has 0 unspecified atom stereocenters. The molecule has 0 heterocycles. The topological polar surface area (TPSA) is 38.0 Å². The Morgan fingerprint density at radius 2 is 2.06 bits per heavy atom. The van der Waals surface area contributed by atoms with Gasteiger partial charge in [-0.25, -0.2) is 0 Å². The number of aryl methyl sites for hydroxylation is 1. The molecule has 2 rings (SSSR count). The van der Waals surface area contributed by atoms with Crippen molar-refractivity contribution in [3.63, 3.8) is 0 Å². The molecule has 0 spiro atoms. The quantitative estimate of drug-likeness (QED) is 0.810. The Balaban J connectivity index is 1.94. The van der Waals surface area contributed by atoms with Crippen LogP contribution in [0.5, 0.6) is 0 Å². The first-order valence-electron chi connectivity index (χ1n) is 7.06. The van der Waals surface area contributed by atoms with Crippen LogP contribution in [0.1, 0.15) is 49.3 Å². The smallest absolute Gasteiger partial charge is 0.0208 e. The molecule has 18 heavy (non-hydrogen) atoms. The molecular formula is C16H26N2. The summed E-state index contributed by atoms with van der Waals surface area (Å²) in [5.74, 6) is 0.600. The summed E-state index contributed by atoms with van der Waals surface area (Å²) >= 11 is 0. The first kappa shape index (κ1) is 13.6. The number of nitrogens with one attached hydrogen (secondary N) is 1. The Kier molecular flexibility index (Phi) is 4.08. The van der Waals surface area contributed by atoms with Gasteiger partial charge >= 0.3 is 0 Å². The van der Waals surface area contributed by atoms with E-state index in [0.717, 1.165) is 19.6 Å². The van der Waals surface area contributed by atoms with Crippen LogP contribution in [0.4, 0.5) is 0 Å². The van der Waals surface area contributed by atoms with Crippen LogP contribution in [0.3, 0.4) is 0 Å². The van der Waals surface area contributed by atoms with Gasteiger partial charge in [-0.3, -0.25) is 0 Å². The SMILES string of the molecule is Cc1ccc(C(C)C)cc1CNCC1(CN)CC1. The van der Waals surface area contributed by atoms with Crippen molar-refractivity contribution in [1.29, 1.82) is 0 Å². The molecule has 1 fully saturated rings. The van der Waals surface area contributed by atoms with Gasteiger partial charge in [-0.05, 0) is 54.3 Å². The van der Waals surface area contributed by atoms with E-state index in [1.165, 1.54) is 29.5 Å². The summed E-state index contributed by atoms with van der Waals surface area (Å²) in [7, 11) is 0. The Hall–Kier alpha value is -0.860. The predicted molar refractivity (Wildman–Crippen MR) is 77.7 cm³/mol. The van der Waals surface area contributed by atoms with Gasteiger partial charge in [-0.2, -0.15) is 0 Å². The highest BCUT2D eigenvalue weighted by Crippen LogP contribution is 2.43. The van der Waals surface area contributed by atoms with Crippen LogP contribution in [0.2, 0.25) is 0 Å². The summed E-state index contributed by atoms with van der Waals surface area (Å²) in [4.78, 5) is 0. The first-order valence-corrected chi connectivity index (χ1v) is 7.06. The second kappa shape index (κ2) is 5.41. The van der Waals surface area contributed by atoms with Crippen molar-refractivity contribution in [3.05, 3.63) is 34.9 Å². The Labute approximate surface area is 111 Å². The molecule has 0 aliphatic heterocycles. The van der Waals surface area contributed by atoms with Crippen LogP contribution in [0.25, 0.3) is 0 Å². The van der Waals surface area contributed by atoms with Gasteiger partial charge in [0.2, 0.25) is 0 Å². The molecule has 1 aliphatic rings. The lowest BCUT2D eigenvalue weighted by Gasteiger charge is -2.15. The lowest BCUT2D eigenvalue weighted by atomic mass is 9.97. The molecule has 2 heteroatoms. The van der Waals surface area contributed by atoms with Crippen molar-refractivity contribution in [1.82, 2.24) is 5.32 Å². The van der Waals surface area contributed by atoms with E-state index in [9.17, 15) is 0 Å². The standard InChI is InChI=1S/C16H26N2/c1-12(2)14-5-4-13(3)15(8-14)9-18-11-16(10-17)6-7-16/h4-5,8,12,18H,6-7,9-11,17H2,1-3H3. The van der Waals surface area contributed by atoms with Crippen molar-refractivity contribution in [2.75, 3.05) is 13.1 Å². The third-order valence-electron chi connectivity index (χ3n) is 4.25. The zero-order valence-corrected chi connectivity index (χ0v) is 11.9. The van der Waals surface area contributed by atoms with Crippen LogP contribution in [-0.4, -0.2) is 13.1 Å². The maximum atomic E-state index is 5.80. The fourth-order valence-electron chi connectivity index (χ4n) is 2.33. The maximum Gasteiger partial charge on any atom is 0.0208 e. The van der Waals surface area contributed by atoms with Crippen LogP contribution in [0.15, 0.2) is 18.2 Å². The summed E-state index contributed by atoms with van der Waals surface area (Å²) in [6, 6.07) is 6.82. The van der Waals surface area contributed by atoms with Gasteiger partial charge in [-0.1, -0.05) is 32.0 Å². The third-order valence-corrected chi connectivity index (χ3v) is 4.25. The predicted octanol–water partition coefficient (Wildman–Crippen LogP) is 2.95. The molecule has 100 valence electrons. The van der Waals surface area contributed by atoms with Crippen molar-refractivity contribution in [2.24, 2.45) is 11.1 Å². The van der Waals surface area contributed by atoms with Crippen molar-refractivity contribution < 1.29 is 0 Å². The van der Waals surface area contributed by atoms with E-state index in [-0.39, 0.29) is 0 Å². The first-order chi connectivity index (χ1) is 8.56.